The number of anilines is 1. The van der Waals surface area contributed by atoms with Crippen LogP contribution in [0.15, 0.2) is 39.0 Å². The number of nitrogens with one attached hydrogen (secondary N) is 4. The fraction of sp³-hybridized carbons (Fsp3) is 0.0769. The number of hydrogen-bond donors (Lipinski definition) is 5. The third-order valence-electron chi connectivity index (χ3n) is 2.69. The van der Waals surface area contributed by atoms with E-state index in [1.807, 2.05) is 10.1 Å². The van der Waals surface area contributed by atoms with Gasteiger partial charge in [-0.25, -0.2) is 20.1 Å². The third-order valence-corrected chi connectivity index (χ3v) is 2.69. The van der Waals surface area contributed by atoms with Crippen LogP contribution in [0.3, 0.4) is 0 Å². The molecule has 0 unspecified atom stereocenters. The van der Waals surface area contributed by atoms with Gasteiger partial charge in [0.2, 0.25) is 5.82 Å². The lowest BCUT2D eigenvalue weighted by atomic mass is 10.1. The molecule has 0 aliphatic carbocycles. The Morgan fingerprint density at radius 2 is 1.96 bits per heavy atom. The number of carboxylic acids is 1. The number of hydrazone groups is 1. The van der Waals surface area contributed by atoms with Crippen molar-refractivity contribution in [3.8, 4) is 0 Å². The van der Waals surface area contributed by atoms with Crippen molar-refractivity contribution < 1.29 is 14.7 Å². The summed E-state index contributed by atoms with van der Waals surface area (Å²) in [5, 5.41) is 20.3. The Balaban J connectivity index is 1.85. The van der Waals surface area contributed by atoms with Crippen molar-refractivity contribution in [3.63, 3.8) is 0 Å². The minimum atomic E-state index is -1.04. The molecule has 2 aromatic rings. The van der Waals surface area contributed by atoms with E-state index in [1.165, 1.54) is 30.5 Å². The SMILES string of the molecule is O=C(CNc1n[nH]c(=O)[nH]c1=O)N/N=C\c1ccc(C(=O)O)cc1. The van der Waals surface area contributed by atoms with Gasteiger partial charge in [0.05, 0.1) is 18.3 Å². The van der Waals surface area contributed by atoms with Crippen LogP contribution in [0.25, 0.3) is 0 Å². The van der Waals surface area contributed by atoms with Gasteiger partial charge in [-0.3, -0.25) is 14.6 Å². The van der Waals surface area contributed by atoms with E-state index in [1.54, 1.807) is 0 Å². The maximum absolute atomic E-state index is 11.6. The summed E-state index contributed by atoms with van der Waals surface area (Å²) in [6, 6.07) is 5.87. The number of aromatic nitrogens is 3. The predicted octanol–water partition coefficient (Wildman–Crippen LogP) is -1.28. The smallest absolute Gasteiger partial charge is 0.342 e. The van der Waals surface area contributed by atoms with Crippen molar-refractivity contribution in [2.45, 2.75) is 0 Å². The normalized spacial score (nSPS) is 10.5. The summed E-state index contributed by atoms with van der Waals surface area (Å²) in [6.07, 6.45) is 1.33. The summed E-state index contributed by atoms with van der Waals surface area (Å²) < 4.78 is 0. The van der Waals surface area contributed by atoms with Crippen molar-refractivity contribution in [3.05, 3.63) is 56.2 Å². The largest absolute Gasteiger partial charge is 0.478 e. The van der Waals surface area contributed by atoms with Gasteiger partial charge < -0.3 is 10.4 Å². The average Bonchev–Trinajstić information content (AvgIpc) is 2.54. The fourth-order valence-corrected chi connectivity index (χ4v) is 1.56. The van der Waals surface area contributed by atoms with E-state index in [2.05, 4.69) is 20.9 Å². The summed E-state index contributed by atoms with van der Waals surface area (Å²) in [5.74, 6) is -1.80. The topological polar surface area (TPSA) is 169 Å². The molecule has 0 bridgehead atoms. The summed E-state index contributed by atoms with van der Waals surface area (Å²) in [6.45, 7) is -0.294. The Labute approximate surface area is 133 Å². The van der Waals surface area contributed by atoms with Gasteiger partial charge in [0.25, 0.3) is 11.5 Å². The zero-order valence-corrected chi connectivity index (χ0v) is 12.1. The van der Waals surface area contributed by atoms with E-state index in [-0.39, 0.29) is 17.9 Å². The number of hydrogen-bond acceptors (Lipinski definition) is 7. The van der Waals surface area contributed by atoms with Crippen LogP contribution in [0.2, 0.25) is 0 Å². The second-order valence-corrected chi connectivity index (χ2v) is 4.43. The zero-order valence-electron chi connectivity index (χ0n) is 12.1. The number of carbonyl (C=O) groups excluding carboxylic acids is 1. The lowest BCUT2D eigenvalue weighted by Gasteiger charge is -2.02. The molecule has 1 amide bonds. The number of carboxylic acid groups (broad SMARTS) is 1. The molecule has 1 heterocycles. The highest BCUT2D eigenvalue weighted by atomic mass is 16.4. The number of rotatable bonds is 6. The van der Waals surface area contributed by atoms with E-state index >= 15 is 0 Å². The first-order chi connectivity index (χ1) is 11.5. The van der Waals surface area contributed by atoms with Crippen LogP contribution < -0.4 is 22.0 Å². The molecule has 0 radical (unpaired) electrons. The van der Waals surface area contributed by atoms with Crippen molar-refractivity contribution in [2.75, 3.05) is 11.9 Å². The van der Waals surface area contributed by atoms with Gasteiger partial charge >= 0.3 is 11.7 Å². The minimum absolute atomic E-state index is 0.138. The lowest BCUT2D eigenvalue weighted by Crippen LogP contribution is -2.31. The maximum Gasteiger partial charge on any atom is 0.342 e. The van der Waals surface area contributed by atoms with Crippen LogP contribution in [-0.2, 0) is 4.79 Å². The van der Waals surface area contributed by atoms with Crippen LogP contribution in [0.1, 0.15) is 15.9 Å². The monoisotopic (exact) mass is 332 g/mol. The quantitative estimate of drug-likeness (QED) is 0.324. The molecule has 0 fully saturated rings. The maximum atomic E-state index is 11.6. The van der Waals surface area contributed by atoms with Gasteiger partial charge in [-0.05, 0) is 17.7 Å². The summed E-state index contributed by atoms with van der Waals surface area (Å²) >= 11 is 0. The van der Waals surface area contributed by atoms with Crippen LogP contribution in [0, 0.1) is 0 Å². The molecule has 11 heteroatoms. The highest BCUT2D eigenvalue weighted by molar-refractivity contribution is 5.89. The highest BCUT2D eigenvalue weighted by Gasteiger charge is 2.05. The number of aromatic carboxylic acids is 1. The second-order valence-electron chi connectivity index (χ2n) is 4.43. The Morgan fingerprint density at radius 1 is 1.25 bits per heavy atom. The molecule has 1 aromatic carbocycles. The molecular weight excluding hydrogens is 320 g/mol. The van der Waals surface area contributed by atoms with Crippen LogP contribution >= 0.6 is 0 Å². The van der Waals surface area contributed by atoms with Crippen molar-refractivity contribution in [1.82, 2.24) is 20.6 Å². The first kappa shape index (κ1) is 16.6. The Morgan fingerprint density at radius 3 is 2.58 bits per heavy atom. The molecule has 0 spiro atoms. The van der Waals surface area contributed by atoms with Gasteiger partial charge in [-0.2, -0.15) is 5.10 Å². The summed E-state index contributed by atoms with van der Waals surface area (Å²) in [5.41, 5.74) is 1.43. The number of benzene rings is 1. The molecule has 0 aliphatic rings. The molecule has 0 atom stereocenters. The van der Waals surface area contributed by atoms with Gasteiger partial charge in [-0.15, -0.1) is 5.10 Å². The molecule has 0 saturated carbocycles. The Hall–Kier alpha value is -3.76. The molecular formula is C13H12N6O5. The Bertz CT molecular complexity index is 883. The number of carbonyl (C=O) groups is 2. The van der Waals surface area contributed by atoms with Crippen LogP contribution in [-0.4, -0.2) is 44.9 Å². The second kappa shape index (κ2) is 7.49. The molecule has 24 heavy (non-hydrogen) atoms. The highest BCUT2D eigenvalue weighted by Crippen LogP contribution is 2.02. The number of amides is 1. The van der Waals surface area contributed by atoms with E-state index < -0.39 is 23.1 Å². The molecule has 11 nitrogen and oxygen atoms in total. The third kappa shape index (κ3) is 4.62. The summed E-state index contributed by atoms with van der Waals surface area (Å²) in [4.78, 5) is 46.3. The zero-order chi connectivity index (χ0) is 17.5. The number of aromatic amines is 2. The average molecular weight is 332 g/mol. The van der Waals surface area contributed by atoms with Crippen molar-refractivity contribution in [1.29, 1.82) is 0 Å². The van der Waals surface area contributed by atoms with Gasteiger partial charge in [0, 0.05) is 0 Å². The van der Waals surface area contributed by atoms with Crippen molar-refractivity contribution >= 4 is 23.9 Å². The molecule has 124 valence electrons. The number of nitrogens with zero attached hydrogens (tertiary/aromatic N) is 2. The van der Waals surface area contributed by atoms with Crippen molar-refractivity contribution in [2.24, 2.45) is 5.10 Å². The molecule has 0 saturated heterocycles. The van der Waals surface area contributed by atoms with Crippen LogP contribution in [0.5, 0.6) is 0 Å². The summed E-state index contributed by atoms with van der Waals surface area (Å²) in [7, 11) is 0. The van der Waals surface area contributed by atoms with E-state index in [4.69, 9.17) is 5.11 Å². The molecule has 0 aliphatic heterocycles. The molecule has 2 rings (SSSR count). The van der Waals surface area contributed by atoms with E-state index in [0.717, 1.165) is 0 Å². The first-order valence-electron chi connectivity index (χ1n) is 6.54. The molecule has 1 aromatic heterocycles. The van der Waals surface area contributed by atoms with Gasteiger partial charge in [0.1, 0.15) is 0 Å². The molecule has 5 N–H and O–H groups in total. The van der Waals surface area contributed by atoms with Gasteiger partial charge in [0.15, 0.2) is 0 Å². The first-order valence-corrected chi connectivity index (χ1v) is 6.54. The standard InChI is InChI=1S/C13H12N6O5/c20-9(6-14-10-11(21)16-13(24)19-18-10)17-15-5-7-1-3-8(4-2-7)12(22)23/h1-5H,6H2,(H,14,18)(H,17,20)(H,22,23)(H2,16,19,21,24)/b15-5-. The van der Waals surface area contributed by atoms with Crippen LogP contribution in [0.4, 0.5) is 5.82 Å². The predicted molar refractivity (Wildman–Crippen MR) is 83.1 cm³/mol. The van der Waals surface area contributed by atoms with E-state index in [9.17, 15) is 19.2 Å². The van der Waals surface area contributed by atoms with E-state index in [0.29, 0.717) is 5.56 Å². The lowest BCUT2D eigenvalue weighted by molar-refractivity contribution is -0.119. The Kier molecular flexibility index (Phi) is 5.18. The minimum Gasteiger partial charge on any atom is -0.478 e. The fourth-order valence-electron chi connectivity index (χ4n) is 1.56. The number of H-pyrrole nitrogens is 2. The van der Waals surface area contributed by atoms with Gasteiger partial charge in [-0.1, -0.05) is 12.1 Å².